The van der Waals surface area contributed by atoms with Crippen LogP contribution in [0, 0.1) is 11.8 Å². The quantitative estimate of drug-likeness (QED) is 0.436. The molecule has 0 spiro atoms. The number of hydrogen-bond acceptors (Lipinski definition) is 4. The second-order valence-electron chi connectivity index (χ2n) is 9.50. The van der Waals surface area contributed by atoms with Gasteiger partial charge < -0.3 is 20.9 Å². The number of alkyl halides is 3. The lowest BCUT2D eigenvalue weighted by molar-refractivity contribution is -0.137. The van der Waals surface area contributed by atoms with Crippen LogP contribution < -0.4 is 16.0 Å². The van der Waals surface area contributed by atoms with Crippen LogP contribution in [0.4, 0.5) is 13.2 Å². The Hall–Kier alpha value is -1.64. The Bertz CT molecular complexity index is 697. The van der Waals surface area contributed by atoms with Gasteiger partial charge in [0.1, 0.15) is 0 Å². The molecule has 2 heterocycles. The zero-order valence-corrected chi connectivity index (χ0v) is 19.6. The van der Waals surface area contributed by atoms with Crippen LogP contribution in [0.15, 0.2) is 24.3 Å². The fourth-order valence-electron chi connectivity index (χ4n) is 4.68. The molecule has 2 aliphatic rings. The summed E-state index contributed by atoms with van der Waals surface area (Å²) < 4.78 is 38.0. The summed E-state index contributed by atoms with van der Waals surface area (Å²) in [5, 5.41) is 10.6. The van der Waals surface area contributed by atoms with Crippen molar-refractivity contribution in [3.63, 3.8) is 0 Å². The van der Waals surface area contributed by atoms with E-state index in [1.807, 2.05) is 4.90 Å². The first-order chi connectivity index (χ1) is 15.9. The molecule has 0 saturated carbocycles. The van der Waals surface area contributed by atoms with Crippen molar-refractivity contribution in [2.75, 3.05) is 52.4 Å². The zero-order valence-electron chi connectivity index (χ0n) is 19.6. The van der Waals surface area contributed by atoms with Crippen molar-refractivity contribution in [1.82, 2.24) is 20.9 Å². The summed E-state index contributed by atoms with van der Waals surface area (Å²) in [7, 11) is 0. The molecule has 0 aromatic heterocycles. The maximum atomic E-state index is 12.7. The van der Waals surface area contributed by atoms with Crippen LogP contribution in [0.1, 0.15) is 49.7 Å². The molecule has 33 heavy (non-hydrogen) atoms. The predicted octanol–water partition coefficient (Wildman–Crippen LogP) is 3.45. The minimum absolute atomic E-state index is 0.00171. The van der Waals surface area contributed by atoms with Gasteiger partial charge in [0.05, 0.1) is 12.0 Å². The summed E-state index contributed by atoms with van der Waals surface area (Å²) in [6.45, 7) is 8.02. The second-order valence-corrected chi connectivity index (χ2v) is 9.50. The monoisotopic (exact) mass is 468 g/mol. The van der Waals surface area contributed by atoms with Crippen LogP contribution in [0.2, 0.25) is 0 Å². The van der Waals surface area contributed by atoms with Gasteiger partial charge >= 0.3 is 6.18 Å². The van der Waals surface area contributed by atoms with Crippen molar-refractivity contribution < 1.29 is 18.0 Å². The van der Waals surface area contributed by atoms with Crippen molar-refractivity contribution in [3.8, 4) is 0 Å². The minimum atomic E-state index is -4.35. The fourth-order valence-corrected chi connectivity index (χ4v) is 4.68. The molecule has 3 N–H and O–H groups in total. The third-order valence-corrected chi connectivity index (χ3v) is 6.89. The number of amides is 1. The Morgan fingerprint density at radius 3 is 2.00 bits per heavy atom. The van der Waals surface area contributed by atoms with Crippen LogP contribution in [-0.4, -0.2) is 63.2 Å². The van der Waals surface area contributed by atoms with Crippen molar-refractivity contribution in [2.45, 2.75) is 51.1 Å². The second kappa shape index (κ2) is 13.3. The molecule has 0 aliphatic carbocycles. The van der Waals surface area contributed by atoms with Crippen LogP contribution in [0.3, 0.4) is 0 Å². The lowest BCUT2D eigenvalue weighted by Crippen LogP contribution is -2.41. The van der Waals surface area contributed by atoms with Crippen molar-refractivity contribution >= 4 is 5.91 Å². The summed E-state index contributed by atoms with van der Waals surface area (Å²) in [5.74, 6) is 1.41. The Morgan fingerprint density at radius 2 is 1.45 bits per heavy atom. The first-order valence-electron chi connectivity index (χ1n) is 12.5. The van der Waals surface area contributed by atoms with Crippen LogP contribution in [0.5, 0.6) is 0 Å². The fraction of sp³-hybridized carbons (Fsp3) is 0.720. The Labute approximate surface area is 195 Å². The SMILES string of the molecule is O=C(Cc1ccc(C(F)(F)F)cc1)N1CCC(CNCCCCNCC2CCNCC2)CC1. The molecule has 2 fully saturated rings. The van der Waals surface area contributed by atoms with Crippen LogP contribution in [-0.2, 0) is 17.4 Å². The van der Waals surface area contributed by atoms with Crippen molar-refractivity contribution in [1.29, 1.82) is 0 Å². The molecule has 5 nitrogen and oxygen atoms in total. The van der Waals surface area contributed by atoms with Gasteiger partial charge in [-0.2, -0.15) is 13.2 Å². The number of halogens is 3. The third-order valence-electron chi connectivity index (χ3n) is 6.89. The smallest absolute Gasteiger partial charge is 0.342 e. The van der Waals surface area contributed by atoms with Crippen LogP contribution in [0.25, 0.3) is 0 Å². The highest BCUT2D eigenvalue weighted by Crippen LogP contribution is 2.29. The summed E-state index contributed by atoms with van der Waals surface area (Å²) in [4.78, 5) is 14.4. The Kier molecular flexibility index (Phi) is 10.5. The lowest BCUT2D eigenvalue weighted by atomic mass is 9.96. The zero-order chi connectivity index (χ0) is 23.5. The van der Waals surface area contributed by atoms with E-state index in [-0.39, 0.29) is 12.3 Å². The summed E-state index contributed by atoms with van der Waals surface area (Å²) in [6.07, 6.45) is 2.70. The number of piperidine rings is 2. The molecule has 1 amide bonds. The molecule has 0 unspecified atom stereocenters. The predicted molar refractivity (Wildman–Crippen MR) is 125 cm³/mol. The number of likely N-dealkylation sites (tertiary alicyclic amines) is 1. The number of hydrogen-bond donors (Lipinski definition) is 3. The molecule has 2 aliphatic heterocycles. The van der Waals surface area contributed by atoms with Gasteiger partial charge in [0.2, 0.25) is 5.91 Å². The number of nitrogens with zero attached hydrogens (tertiary/aromatic N) is 1. The highest BCUT2D eigenvalue weighted by atomic mass is 19.4. The van der Waals surface area contributed by atoms with Gasteiger partial charge in [-0.15, -0.1) is 0 Å². The van der Waals surface area contributed by atoms with E-state index in [4.69, 9.17) is 0 Å². The lowest BCUT2D eigenvalue weighted by Gasteiger charge is -2.32. The largest absolute Gasteiger partial charge is 0.416 e. The Morgan fingerprint density at radius 1 is 0.909 bits per heavy atom. The van der Waals surface area contributed by atoms with Crippen LogP contribution >= 0.6 is 0 Å². The van der Waals surface area contributed by atoms with Gasteiger partial charge in [0, 0.05) is 13.1 Å². The number of unbranched alkanes of at least 4 members (excludes halogenated alkanes) is 1. The molecule has 186 valence electrons. The third kappa shape index (κ3) is 9.26. The molecule has 0 radical (unpaired) electrons. The maximum absolute atomic E-state index is 12.7. The van der Waals surface area contributed by atoms with E-state index < -0.39 is 11.7 Å². The standard InChI is InChI=1S/C25H39F3N4O/c26-25(27,28)23-5-3-20(4-6-23)17-24(33)32-15-9-22(10-16-32)19-31-12-2-1-11-30-18-21-7-13-29-14-8-21/h3-6,21-22,29-31H,1-2,7-19H2. The molecular formula is C25H39F3N4O. The molecule has 0 atom stereocenters. The average Bonchev–Trinajstić information content (AvgIpc) is 2.81. The first-order valence-corrected chi connectivity index (χ1v) is 12.5. The van der Waals surface area contributed by atoms with Gasteiger partial charge in [-0.05, 0) is 107 Å². The number of carbonyl (C=O) groups excluding carboxylic acids is 1. The van der Waals surface area contributed by atoms with E-state index in [1.54, 1.807) is 0 Å². The van der Waals surface area contributed by atoms with Crippen molar-refractivity contribution in [3.05, 3.63) is 35.4 Å². The molecule has 8 heteroatoms. The molecular weight excluding hydrogens is 429 g/mol. The van der Waals surface area contributed by atoms with E-state index in [2.05, 4.69) is 16.0 Å². The summed E-state index contributed by atoms with van der Waals surface area (Å²) >= 11 is 0. The van der Waals surface area contributed by atoms with Gasteiger partial charge in [-0.25, -0.2) is 0 Å². The highest BCUT2D eigenvalue weighted by molar-refractivity contribution is 5.78. The molecule has 1 aromatic rings. The van der Waals surface area contributed by atoms with E-state index in [0.717, 1.165) is 83.3 Å². The van der Waals surface area contributed by atoms with E-state index >= 15 is 0 Å². The van der Waals surface area contributed by atoms with Crippen molar-refractivity contribution in [2.24, 2.45) is 11.8 Å². The van der Waals surface area contributed by atoms with Gasteiger partial charge in [-0.3, -0.25) is 4.79 Å². The topological polar surface area (TPSA) is 56.4 Å². The van der Waals surface area contributed by atoms with Gasteiger partial charge in [0.15, 0.2) is 0 Å². The van der Waals surface area contributed by atoms with Gasteiger partial charge in [-0.1, -0.05) is 12.1 Å². The normalized spacial score (nSPS) is 18.6. The average molecular weight is 469 g/mol. The van der Waals surface area contributed by atoms with E-state index in [1.165, 1.54) is 37.8 Å². The van der Waals surface area contributed by atoms with Gasteiger partial charge in [0.25, 0.3) is 0 Å². The molecule has 2 saturated heterocycles. The van der Waals surface area contributed by atoms with E-state index in [9.17, 15) is 18.0 Å². The molecule has 0 bridgehead atoms. The maximum Gasteiger partial charge on any atom is 0.416 e. The number of rotatable bonds is 11. The number of nitrogens with one attached hydrogen (secondary N) is 3. The summed E-state index contributed by atoms with van der Waals surface area (Å²) in [5.41, 5.74) is -0.0532. The first kappa shape index (κ1) is 26.0. The highest BCUT2D eigenvalue weighted by Gasteiger charge is 2.30. The molecule has 1 aromatic carbocycles. The van der Waals surface area contributed by atoms with E-state index in [0.29, 0.717) is 11.5 Å². The molecule has 3 rings (SSSR count). The minimum Gasteiger partial charge on any atom is -0.342 e. The number of benzene rings is 1. The number of carbonyl (C=O) groups is 1. The summed E-state index contributed by atoms with van der Waals surface area (Å²) in [6, 6.07) is 4.90. The Balaban J connectivity index is 1.21.